The number of H-pyrrole nitrogens is 1. The lowest BCUT2D eigenvalue weighted by molar-refractivity contribution is 1.11. The van der Waals surface area contributed by atoms with Crippen LogP contribution in [0.25, 0.3) is 11.4 Å². The standard InChI is InChI=1S/C10H5Cl2IN2O/c11-6-3-1-2-5(8(6)12)9-14-4-7(13)10(16)15-9/h1-4H,(H,14,15,16). The van der Waals surface area contributed by atoms with Crippen LogP contribution in [-0.2, 0) is 0 Å². The summed E-state index contributed by atoms with van der Waals surface area (Å²) in [4.78, 5) is 18.2. The van der Waals surface area contributed by atoms with Crippen LogP contribution in [-0.4, -0.2) is 9.97 Å². The monoisotopic (exact) mass is 366 g/mol. The van der Waals surface area contributed by atoms with Crippen LogP contribution >= 0.6 is 45.8 Å². The van der Waals surface area contributed by atoms with E-state index in [9.17, 15) is 4.79 Å². The van der Waals surface area contributed by atoms with E-state index in [4.69, 9.17) is 23.2 Å². The van der Waals surface area contributed by atoms with Crippen molar-refractivity contribution in [2.45, 2.75) is 0 Å². The van der Waals surface area contributed by atoms with Crippen LogP contribution in [0.3, 0.4) is 0 Å². The molecular weight excluding hydrogens is 362 g/mol. The van der Waals surface area contributed by atoms with Crippen molar-refractivity contribution in [3.05, 3.63) is 48.4 Å². The van der Waals surface area contributed by atoms with Crippen molar-refractivity contribution in [3.8, 4) is 11.4 Å². The zero-order chi connectivity index (χ0) is 11.7. The van der Waals surface area contributed by atoms with Gasteiger partial charge in [-0.3, -0.25) is 4.79 Å². The van der Waals surface area contributed by atoms with Crippen molar-refractivity contribution in [2.24, 2.45) is 0 Å². The molecule has 82 valence electrons. The SMILES string of the molecule is O=c1[nH]c(-c2cccc(Cl)c2Cl)ncc1I. The van der Waals surface area contributed by atoms with Crippen LogP contribution in [0.1, 0.15) is 0 Å². The maximum atomic E-state index is 11.4. The van der Waals surface area contributed by atoms with Gasteiger partial charge in [0, 0.05) is 11.8 Å². The summed E-state index contributed by atoms with van der Waals surface area (Å²) in [5.74, 6) is 0.415. The second-order valence-electron chi connectivity index (χ2n) is 3.01. The number of aromatic amines is 1. The van der Waals surface area contributed by atoms with Gasteiger partial charge in [0.05, 0.1) is 13.6 Å². The fourth-order valence-electron chi connectivity index (χ4n) is 1.20. The summed E-state index contributed by atoms with van der Waals surface area (Å²) in [5.41, 5.74) is 0.421. The Morgan fingerprint density at radius 2 is 2.06 bits per heavy atom. The van der Waals surface area contributed by atoms with Crippen LogP contribution < -0.4 is 5.56 Å². The van der Waals surface area contributed by atoms with E-state index < -0.39 is 0 Å². The molecule has 2 rings (SSSR count). The third-order valence-corrected chi connectivity index (χ3v) is 3.55. The fourth-order valence-corrected chi connectivity index (χ4v) is 1.87. The summed E-state index contributed by atoms with van der Waals surface area (Å²) >= 11 is 13.8. The van der Waals surface area contributed by atoms with Gasteiger partial charge in [0.1, 0.15) is 5.82 Å². The topological polar surface area (TPSA) is 45.8 Å². The highest BCUT2D eigenvalue weighted by Gasteiger charge is 2.09. The van der Waals surface area contributed by atoms with Gasteiger partial charge < -0.3 is 4.98 Å². The minimum absolute atomic E-state index is 0.193. The molecule has 1 N–H and O–H groups in total. The molecule has 0 aliphatic heterocycles. The molecule has 0 bridgehead atoms. The van der Waals surface area contributed by atoms with Crippen molar-refractivity contribution in [1.82, 2.24) is 9.97 Å². The lowest BCUT2D eigenvalue weighted by Crippen LogP contribution is -2.11. The second kappa shape index (κ2) is 4.73. The minimum Gasteiger partial charge on any atom is -0.306 e. The van der Waals surface area contributed by atoms with E-state index in [1.807, 2.05) is 22.6 Å². The molecule has 16 heavy (non-hydrogen) atoms. The van der Waals surface area contributed by atoms with Gasteiger partial charge in [-0.15, -0.1) is 0 Å². The highest BCUT2D eigenvalue weighted by molar-refractivity contribution is 14.1. The molecule has 0 spiro atoms. The minimum atomic E-state index is -0.193. The van der Waals surface area contributed by atoms with Crippen molar-refractivity contribution >= 4 is 45.8 Å². The molecule has 2 aromatic rings. The maximum absolute atomic E-state index is 11.4. The van der Waals surface area contributed by atoms with E-state index in [1.54, 1.807) is 18.2 Å². The van der Waals surface area contributed by atoms with Gasteiger partial charge in [0.2, 0.25) is 0 Å². The maximum Gasteiger partial charge on any atom is 0.264 e. The van der Waals surface area contributed by atoms with E-state index in [1.165, 1.54) is 6.20 Å². The Labute approximate surface area is 115 Å². The van der Waals surface area contributed by atoms with Gasteiger partial charge in [-0.25, -0.2) is 4.98 Å². The van der Waals surface area contributed by atoms with Gasteiger partial charge in [0.15, 0.2) is 0 Å². The largest absolute Gasteiger partial charge is 0.306 e. The molecule has 1 aromatic heterocycles. The summed E-state index contributed by atoms with van der Waals surface area (Å²) < 4.78 is 0.527. The molecule has 0 radical (unpaired) electrons. The van der Waals surface area contributed by atoms with Gasteiger partial charge >= 0.3 is 0 Å². The third-order valence-electron chi connectivity index (χ3n) is 1.96. The Morgan fingerprint density at radius 1 is 1.31 bits per heavy atom. The first-order valence-electron chi connectivity index (χ1n) is 4.29. The first kappa shape index (κ1) is 11.9. The first-order valence-corrected chi connectivity index (χ1v) is 6.12. The van der Waals surface area contributed by atoms with E-state index in [0.29, 0.717) is 25.0 Å². The molecule has 0 unspecified atom stereocenters. The Balaban J connectivity index is 2.63. The Morgan fingerprint density at radius 3 is 2.75 bits per heavy atom. The molecule has 6 heteroatoms. The average Bonchev–Trinajstić information content (AvgIpc) is 2.26. The van der Waals surface area contributed by atoms with Crippen LogP contribution in [0, 0.1) is 3.57 Å². The predicted molar refractivity (Wildman–Crippen MR) is 73.0 cm³/mol. The number of hydrogen-bond acceptors (Lipinski definition) is 2. The number of halogens is 3. The molecule has 0 amide bonds. The van der Waals surface area contributed by atoms with E-state index in [0.717, 1.165) is 0 Å². The highest BCUT2D eigenvalue weighted by atomic mass is 127. The molecule has 0 saturated carbocycles. The lowest BCUT2D eigenvalue weighted by Gasteiger charge is -2.04. The van der Waals surface area contributed by atoms with Crippen molar-refractivity contribution in [2.75, 3.05) is 0 Å². The van der Waals surface area contributed by atoms with Crippen LogP contribution in [0.4, 0.5) is 0 Å². The van der Waals surface area contributed by atoms with Crippen molar-refractivity contribution in [1.29, 1.82) is 0 Å². The summed E-state index contributed by atoms with van der Waals surface area (Å²) in [6.07, 6.45) is 1.49. The predicted octanol–water partition coefficient (Wildman–Crippen LogP) is 3.35. The van der Waals surface area contributed by atoms with Crippen molar-refractivity contribution in [3.63, 3.8) is 0 Å². The number of nitrogens with zero attached hydrogens (tertiary/aromatic N) is 1. The highest BCUT2D eigenvalue weighted by Crippen LogP contribution is 2.30. The Hall–Kier alpha value is -0.590. The summed E-state index contributed by atoms with van der Waals surface area (Å²) in [6, 6.07) is 5.18. The van der Waals surface area contributed by atoms with Crippen LogP contribution in [0.15, 0.2) is 29.2 Å². The quantitative estimate of drug-likeness (QED) is 0.786. The molecule has 0 fully saturated rings. The average molecular weight is 367 g/mol. The van der Waals surface area contributed by atoms with Gasteiger partial charge in [-0.2, -0.15) is 0 Å². The number of aromatic nitrogens is 2. The summed E-state index contributed by atoms with van der Waals surface area (Å²) in [6.45, 7) is 0. The zero-order valence-corrected chi connectivity index (χ0v) is 11.5. The molecule has 1 heterocycles. The first-order chi connectivity index (χ1) is 7.59. The zero-order valence-electron chi connectivity index (χ0n) is 7.80. The molecule has 0 aliphatic carbocycles. The van der Waals surface area contributed by atoms with E-state index in [-0.39, 0.29) is 5.56 Å². The lowest BCUT2D eigenvalue weighted by atomic mass is 10.2. The Bertz CT molecular complexity index is 598. The van der Waals surface area contributed by atoms with Gasteiger partial charge in [-0.05, 0) is 34.7 Å². The van der Waals surface area contributed by atoms with E-state index in [2.05, 4.69) is 9.97 Å². The van der Waals surface area contributed by atoms with Crippen molar-refractivity contribution < 1.29 is 0 Å². The normalized spacial score (nSPS) is 10.4. The van der Waals surface area contributed by atoms with E-state index >= 15 is 0 Å². The molecular formula is C10H5Cl2IN2O. The number of rotatable bonds is 1. The number of nitrogens with one attached hydrogen (secondary N) is 1. The molecule has 0 atom stereocenters. The Kier molecular flexibility index (Phi) is 3.51. The van der Waals surface area contributed by atoms with Gasteiger partial charge in [0.25, 0.3) is 5.56 Å². The molecule has 0 aliphatic rings. The van der Waals surface area contributed by atoms with Gasteiger partial charge in [-0.1, -0.05) is 29.3 Å². The molecule has 1 aromatic carbocycles. The third kappa shape index (κ3) is 2.23. The number of hydrogen-bond donors (Lipinski definition) is 1. The van der Waals surface area contributed by atoms with Crippen LogP contribution in [0.2, 0.25) is 10.0 Å². The fraction of sp³-hybridized carbons (Fsp3) is 0. The number of benzene rings is 1. The molecule has 3 nitrogen and oxygen atoms in total. The molecule has 0 saturated heterocycles. The second-order valence-corrected chi connectivity index (χ2v) is 4.96. The smallest absolute Gasteiger partial charge is 0.264 e. The summed E-state index contributed by atoms with van der Waals surface area (Å²) in [7, 11) is 0. The summed E-state index contributed by atoms with van der Waals surface area (Å²) in [5, 5.41) is 0.814. The van der Waals surface area contributed by atoms with Crippen LogP contribution in [0.5, 0.6) is 0 Å².